The van der Waals surface area contributed by atoms with E-state index in [0.29, 0.717) is 11.5 Å². The third-order valence-corrected chi connectivity index (χ3v) is 3.89. The third kappa shape index (κ3) is 3.65. The molecule has 8 heteroatoms. The highest BCUT2D eigenvalue weighted by Crippen LogP contribution is 2.22. The number of aromatic amines is 1. The Bertz CT molecular complexity index is 1010. The van der Waals surface area contributed by atoms with Crippen molar-refractivity contribution in [2.75, 3.05) is 12.1 Å². The second-order valence-electron chi connectivity index (χ2n) is 5.68. The lowest BCUT2D eigenvalue weighted by molar-refractivity contribution is 0.282. The van der Waals surface area contributed by atoms with Crippen molar-refractivity contribution in [3.05, 3.63) is 74.6 Å². The van der Waals surface area contributed by atoms with E-state index in [2.05, 4.69) is 10.1 Å². The summed E-state index contributed by atoms with van der Waals surface area (Å²) < 4.78 is 6.69. The van der Waals surface area contributed by atoms with Crippen molar-refractivity contribution >= 4 is 12.0 Å². The van der Waals surface area contributed by atoms with Crippen LogP contribution < -0.4 is 16.3 Å². The zero-order valence-electron chi connectivity index (χ0n) is 14.3. The van der Waals surface area contributed by atoms with E-state index >= 15 is 0 Å². The molecular formula is C18H18N4O4. The van der Waals surface area contributed by atoms with Gasteiger partial charge in [-0.05, 0) is 17.7 Å². The van der Waals surface area contributed by atoms with E-state index in [0.717, 1.165) is 15.7 Å². The number of aromatic nitrogens is 2. The Morgan fingerprint density at radius 1 is 1.23 bits per heavy atom. The number of furan rings is 1. The molecule has 2 N–H and O–H groups in total. The fraction of sp³-hybridized carbons (Fsp3) is 0.167. The minimum atomic E-state index is -0.513. The molecule has 26 heavy (non-hydrogen) atoms. The smallest absolute Gasteiger partial charge is 0.329 e. The number of benzene rings is 1. The summed E-state index contributed by atoms with van der Waals surface area (Å²) in [6.45, 7) is -0.00659. The van der Waals surface area contributed by atoms with Crippen molar-refractivity contribution in [3.8, 4) is 11.3 Å². The monoisotopic (exact) mass is 354 g/mol. The van der Waals surface area contributed by atoms with E-state index in [4.69, 9.17) is 9.52 Å². The molecule has 2 heterocycles. The number of hydrazone groups is 1. The highest BCUT2D eigenvalue weighted by atomic mass is 16.3. The predicted octanol–water partition coefficient (Wildman–Crippen LogP) is 1.30. The van der Waals surface area contributed by atoms with Crippen LogP contribution in [0.3, 0.4) is 0 Å². The first-order chi connectivity index (χ1) is 12.5. The van der Waals surface area contributed by atoms with Crippen LogP contribution in [0.2, 0.25) is 0 Å². The van der Waals surface area contributed by atoms with Gasteiger partial charge < -0.3 is 9.52 Å². The number of nitrogens with zero attached hydrogens (tertiary/aromatic N) is 3. The summed E-state index contributed by atoms with van der Waals surface area (Å²) in [6, 6.07) is 12.2. The molecule has 1 aromatic carbocycles. The molecule has 3 rings (SSSR count). The number of nitrogens with one attached hydrogen (secondary N) is 1. The molecule has 0 bridgehead atoms. The van der Waals surface area contributed by atoms with Gasteiger partial charge in [0.25, 0.3) is 5.56 Å². The van der Waals surface area contributed by atoms with Crippen LogP contribution >= 0.6 is 0 Å². The molecule has 0 aliphatic rings. The van der Waals surface area contributed by atoms with Crippen molar-refractivity contribution < 1.29 is 9.52 Å². The number of hydrogen-bond acceptors (Lipinski definition) is 6. The van der Waals surface area contributed by atoms with Crippen molar-refractivity contribution in [2.45, 2.75) is 6.61 Å². The Labute approximate surface area is 148 Å². The van der Waals surface area contributed by atoms with Crippen LogP contribution in [0.5, 0.6) is 0 Å². The van der Waals surface area contributed by atoms with Gasteiger partial charge in [-0.15, -0.1) is 0 Å². The van der Waals surface area contributed by atoms with Crippen molar-refractivity contribution in [2.24, 2.45) is 12.1 Å². The Balaban J connectivity index is 1.77. The van der Waals surface area contributed by atoms with E-state index in [9.17, 15) is 9.59 Å². The molecule has 0 atom stereocenters. The molecule has 0 aliphatic heterocycles. The zero-order valence-corrected chi connectivity index (χ0v) is 14.3. The zero-order chi connectivity index (χ0) is 18.7. The molecule has 0 spiro atoms. The normalized spacial score (nSPS) is 11.2. The first kappa shape index (κ1) is 17.4. The first-order valence-electron chi connectivity index (χ1n) is 7.86. The third-order valence-electron chi connectivity index (χ3n) is 3.89. The maximum absolute atomic E-state index is 11.7. The molecular weight excluding hydrogens is 336 g/mol. The number of rotatable bonds is 5. The summed E-state index contributed by atoms with van der Waals surface area (Å²) in [5, 5.41) is 14.6. The van der Waals surface area contributed by atoms with Crippen molar-refractivity contribution in [1.82, 2.24) is 9.55 Å². The molecule has 0 aliphatic carbocycles. The van der Waals surface area contributed by atoms with Gasteiger partial charge in [-0.3, -0.25) is 19.4 Å². The van der Waals surface area contributed by atoms with Gasteiger partial charge in [0.2, 0.25) is 0 Å². The van der Waals surface area contributed by atoms with E-state index in [1.54, 1.807) is 13.1 Å². The molecule has 0 unspecified atom stereocenters. The minimum absolute atomic E-state index is 0.00659. The number of hydrogen-bond donors (Lipinski definition) is 2. The highest BCUT2D eigenvalue weighted by Gasteiger charge is 2.06. The molecule has 0 saturated carbocycles. The maximum Gasteiger partial charge on any atom is 0.329 e. The Kier molecular flexibility index (Phi) is 4.85. The summed E-state index contributed by atoms with van der Waals surface area (Å²) >= 11 is 0. The summed E-state index contributed by atoms with van der Waals surface area (Å²) in [5.41, 5.74) is 0.774. The van der Waals surface area contributed by atoms with Gasteiger partial charge in [0.1, 0.15) is 17.3 Å². The average Bonchev–Trinajstić information content (AvgIpc) is 3.12. The highest BCUT2D eigenvalue weighted by molar-refractivity contribution is 5.78. The quantitative estimate of drug-likeness (QED) is 0.531. The molecule has 0 radical (unpaired) electrons. The van der Waals surface area contributed by atoms with Crippen LogP contribution in [0.1, 0.15) is 11.3 Å². The molecule has 0 fully saturated rings. The van der Waals surface area contributed by atoms with E-state index in [1.165, 1.54) is 24.3 Å². The van der Waals surface area contributed by atoms with Gasteiger partial charge in [0, 0.05) is 25.7 Å². The van der Waals surface area contributed by atoms with Gasteiger partial charge in [-0.1, -0.05) is 24.3 Å². The van der Waals surface area contributed by atoms with E-state index in [-0.39, 0.29) is 12.4 Å². The number of anilines is 1. The fourth-order valence-electron chi connectivity index (χ4n) is 2.28. The molecule has 134 valence electrons. The molecule has 2 aromatic heterocycles. The number of aliphatic hydroxyl groups is 1. The fourth-order valence-corrected chi connectivity index (χ4v) is 2.28. The molecule has 0 saturated heterocycles. The Hall–Kier alpha value is -3.39. The lowest BCUT2D eigenvalue weighted by Crippen LogP contribution is -2.33. The average molecular weight is 354 g/mol. The predicted molar refractivity (Wildman–Crippen MR) is 98.4 cm³/mol. The van der Waals surface area contributed by atoms with Crippen LogP contribution in [0.25, 0.3) is 11.3 Å². The van der Waals surface area contributed by atoms with Gasteiger partial charge in [-0.25, -0.2) is 4.79 Å². The van der Waals surface area contributed by atoms with Crippen LogP contribution in [0, 0.1) is 0 Å². The summed E-state index contributed by atoms with van der Waals surface area (Å²) in [6.07, 6.45) is 1.49. The number of H-pyrrole nitrogens is 1. The Morgan fingerprint density at radius 2 is 1.96 bits per heavy atom. The second-order valence-corrected chi connectivity index (χ2v) is 5.68. The standard InChI is InChI=1S/C18H18N4O4/c1-21-17(24)9-16(20-18(21)25)22(2)19-10-14-7-8-15(26-14)13-5-3-12(11-23)4-6-13/h3-10,23H,11H2,1-2H3,(H,20,25). The summed E-state index contributed by atoms with van der Waals surface area (Å²) in [4.78, 5) is 25.9. The van der Waals surface area contributed by atoms with Gasteiger partial charge in [0.05, 0.1) is 12.8 Å². The topological polar surface area (TPSA) is 104 Å². The molecule has 3 aromatic rings. The van der Waals surface area contributed by atoms with Crippen LogP contribution in [-0.2, 0) is 13.7 Å². The summed E-state index contributed by atoms with van der Waals surface area (Å²) in [7, 11) is 3.00. The second kappa shape index (κ2) is 7.24. The lowest BCUT2D eigenvalue weighted by Gasteiger charge is -2.11. The van der Waals surface area contributed by atoms with Gasteiger partial charge >= 0.3 is 5.69 Å². The first-order valence-corrected chi connectivity index (χ1v) is 7.86. The largest absolute Gasteiger partial charge is 0.455 e. The number of aliphatic hydroxyl groups excluding tert-OH is 1. The lowest BCUT2D eigenvalue weighted by atomic mass is 10.1. The van der Waals surface area contributed by atoms with Crippen molar-refractivity contribution in [1.29, 1.82) is 0 Å². The van der Waals surface area contributed by atoms with Crippen LogP contribution in [0.4, 0.5) is 5.82 Å². The molecule has 0 amide bonds. The van der Waals surface area contributed by atoms with Crippen LogP contribution in [-0.4, -0.2) is 27.9 Å². The maximum atomic E-state index is 11.7. The van der Waals surface area contributed by atoms with Crippen LogP contribution in [0.15, 0.2) is 61.6 Å². The minimum Gasteiger partial charge on any atom is -0.455 e. The molecule has 8 nitrogen and oxygen atoms in total. The van der Waals surface area contributed by atoms with Gasteiger partial charge in [-0.2, -0.15) is 5.10 Å². The van der Waals surface area contributed by atoms with E-state index < -0.39 is 11.2 Å². The summed E-state index contributed by atoms with van der Waals surface area (Å²) in [5.74, 6) is 1.46. The van der Waals surface area contributed by atoms with Crippen molar-refractivity contribution in [3.63, 3.8) is 0 Å². The Morgan fingerprint density at radius 3 is 2.62 bits per heavy atom. The van der Waals surface area contributed by atoms with Gasteiger partial charge in [0.15, 0.2) is 0 Å². The SMILES string of the molecule is CN(N=Cc1ccc(-c2ccc(CO)cc2)o1)c1cc(=O)n(C)c(=O)[nH]1. The van der Waals surface area contributed by atoms with E-state index in [1.807, 2.05) is 30.3 Å².